The maximum atomic E-state index is 12.6. The number of carbonyl (C=O) groups is 1. The van der Waals surface area contributed by atoms with Gasteiger partial charge in [0.05, 0.1) is 5.92 Å². The molecule has 3 aromatic carbocycles. The van der Waals surface area contributed by atoms with E-state index in [9.17, 15) is 4.79 Å². The fourth-order valence-corrected chi connectivity index (χ4v) is 4.01. The first-order valence-electron chi connectivity index (χ1n) is 10.0. The van der Waals surface area contributed by atoms with Gasteiger partial charge in [0.1, 0.15) is 0 Å². The van der Waals surface area contributed by atoms with Crippen LogP contribution in [0.15, 0.2) is 72.8 Å². The second-order valence-corrected chi connectivity index (χ2v) is 7.25. The molecule has 1 aliphatic rings. The average Bonchev–Trinajstić information content (AvgIpc) is 3.05. The van der Waals surface area contributed by atoms with Gasteiger partial charge < -0.3 is 10.2 Å². The summed E-state index contributed by atoms with van der Waals surface area (Å²) in [5, 5.41) is 3.08. The normalized spacial score (nSPS) is 15.2. The van der Waals surface area contributed by atoms with Crippen molar-refractivity contribution in [2.24, 2.45) is 0 Å². The minimum Gasteiger partial charge on any atom is -0.372 e. The number of hydrogen-bond donors (Lipinski definition) is 1. The summed E-state index contributed by atoms with van der Waals surface area (Å²) in [6.07, 6.45) is 0.724. The van der Waals surface area contributed by atoms with Crippen LogP contribution in [0.3, 0.4) is 0 Å². The van der Waals surface area contributed by atoms with Gasteiger partial charge in [-0.3, -0.25) is 4.79 Å². The van der Waals surface area contributed by atoms with Crippen LogP contribution in [0.2, 0.25) is 0 Å². The topological polar surface area (TPSA) is 32.3 Å². The summed E-state index contributed by atoms with van der Waals surface area (Å²) in [5.74, 6) is -0.0350. The zero-order valence-electron chi connectivity index (χ0n) is 16.5. The third kappa shape index (κ3) is 3.53. The quantitative estimate of drug-likeness (QED) is 0.623. The molecule has 142 valence electrons. The first-order chi connectivity index (χ1) is 13.7. The molecule has 4 rings (SSSR count). The van der Waals surface area contributed by atoms with Crippen LogP contribution < -0.4 is 10.2 Å². The van der Waals surface area contributed by atoms with Gasteiger partial charge in [0.25, 0.3) is 0 Å². The van der Waals surface area contributed by atoms with E-state index in [1.54, 1.807) is 0 Å². The van der Waals surface area contributed by atoms with E-state index in [1.807, 2.05) is 18.2 Å². The second-order valence-electron chi connectivity index (χ2n) is 7.25. The average molecular weight is 370 g/mol. The van der Waals surface area contributed by atoms with Crippen LogP contribution in [0.5, 0.6) is 0 Å². The third-order valence-electron chi connectivity index (χ3n) is 5.61. The molecular weight excluding hydrogens is 344 g/mol. The number of fused-ring (bicyclic) bond motifs is 1. The van der Waals surface area contributed by atoms with E-state index in [0.717, 1.165) is 41.9 Å². The Labute approximate surface area is 167 Å². The van der Waals surface area contributed by atoms with Crippen LogP contribution in [0.25, 0.3) is 11.1 Å². The molecule has 0 saturated heterocycles. The molecule has 1 N–H and O–H groups in total. The number of anilines is 2. The second kappa shape index (κ2) is 7.89. The van der Waals surface area contributed by atoms with Crippen molar-refractivity contribution >= 4 is 17.3 Å². The molecule has 0 radical (unpaired) electrons. The minimum atomic E-state index is -0.126. The van der Waals surface area contributed by atoms with Gasteiger partial charge in [-0.2, -0.15) is 0 Å². The zero-order valence-corrected chi connectivity index (χ0v) is 16.5. The predicted molar refractivity (Wildman–Crippen MR) is 117 cm³/mol. The number of nitrogens with zero attached hydrogens (tertiary/aromatic N) is 1. The fourth-order valence-electron chi connectivity index (χ4n) is 4.01. The van der Waals surface area contributed by atoms with Crippen molar-refractivity contribution in [3.8, 4) is 11.1 Å². The van der Waals surface area contributed by atoms with Gasteiger partial charge in [0.2, 0.25) is 5.91 Å². The minimum absolute atomic E-state index is 0.0908. The van der Waals surface area contributed by atoms with Crippen molar-refractivity contribution in [1.82, 2.24) is 0 Å². The number of hydrogen-bond acceptors (Lipinski definition) is 2. The molecule has 28 heavy (non-hydrogen) atoms. The number of rotatable bonds is 6. The molecule has 0 aromatic heterocycles. The fraction of sp³-hybridized carbons (Fsp3) is 0.240. The van der Waals surface area contributed by atoms with Crippen LogP contribution in [0, 0.1) is 0 Å². The van der Waals surface area contributed by atoms with Crippen molar-refractivity contribution in [3.63, 3.8) is 0 Å². The predicted octanol–water partition coefficient (Wildman–Crippen LogP) is 5.48. The molecule has 0 saturated carbocycles. The van der Waals surface area contributed by atoms with Crippen LogP contribution in [0.1, 0.15) is 30.9 Å². The highest BCUT2D eigenvalue weighted by Gasteiger charge is 2.30. The van der Waals surface area contributed by atoms with Crippen molar-refractivity contribution < 1.29 is 4.79 Å². The number of benzene rings is 3. The van der Waals surface area contributed by atoms with E-state index in [0.29, 0.717) is 0 Å². The Kier molecular flexibility index (Phi) is 5.16. The van der Waals surface area contributed by atoms with Crippen molar-refractivity contribution in [1.29, 1.82) is 0 Å². The molecular formula is C25H26N2O. The third-order valence-corrected chi connectivity index (χ3v) is 5.61. The summed E-state index contributed by atoms with van der Waals surface area (Å²) in [6, 6.07) is 25.2. The molecule has 3 heteroatoms. The smallest absolute Gasteiger partial charge is 0.232 e. The summed E-state index contributed by atoms with van der Waals surface area (Å²) >= 11 is 0. The highest BCUT2D eigenvalue weighted by Crippen LogP contribution is 2.37. The van der Waals surface area contributed by atoms with E-state index in [4.69, 9.17) is 0 Å². The summed E-state index contributed by atoms with van der Waals surface area (Å²) in [6.45, 7) is 6.33. The van der Waals surface area contributed by atoms with E-state index < -0.39 is 0 Å². The number of carbonyl (C=O) groups excluding carboxylic acids is 1. The van der Waals surface area contributed by atoms with Gasteiger partial charge in [0.15, 0.2) is 0 Å². The van der Waals surface area contributed by atoms with E-state index >= 15 is 0 Å². The monoisotopic (exact) mass is 370 g/mol. The highest BCUT2D eigenvalue weighted by molar-refractivity contribution is 6.03. The Bertz CT molecular complexity index is 960. The summed E-state index contributed by atoms with van der Waals surface area (Å²) in [7, 11) is 0. The van der Waals surface area contributed by atoms with Crippen LogP contribution in [-0.2, 0) is 11.2 Å². The Morgan fingerprint density at radius 3 is 2.25 bits per heavy atom. The van der Waals surface area contributed by atoms with Gasteiger partial charge in [-0.15, -0.1) is 0 Å². The van der Waals surface area contributed by atoms with Crippen molar-refractivity contribution in [3.05, 3.63) is 83.9 Å². The van der Waals surface area contributed by atoms with Gasteiger partial charge in [-0.25, -0.2) is 0 Å². The van der Waals surface area contributed by atoms with Crippen molar-refractivity contribution in [2.75, 3.05) is 23.3 Å². The van der Waals surface area contributed by atoms with Crippen LogP contribution >= 0.6 is 0 Å². The Balaban J connectivity index is 1.55. The SMILES string of the molecule is CCN(CC)c1ccc(CC2C(=O)Nc3cc(-c4ccccc4)ccc32)cc1. The first-order valence-corrected chi connectivity index (χ1v) is 10.0. The number of amides is 1. The van der Waals surface area contributed by atoms with Crippen LogP contribution in [-0.4, -0.2) is 19.0 Å². The molecule has 0 spiro atoms. The lowest BCUT2D eigenvalue weighted by atomic mass is 9.92. The maximum Gasteiger partial charge on any atom is 0.232 e. The number of nitrogens with one attached hydrogen (secondary N) is 1. The molecule has 3 nitrogen and oxygen atoms in total. The van der Waals surface area contributed by atoms with Gasteiger partial charge in [-0.1, -0.05) is 54.6 Å². The van der Waals surface area contributed by atoms with Gasteiger partial charge in [0, 0.05) is 24.5 Å². The van der Waals surface area contributed by atoms with Gasteiger partial charge in [-0.05, 0) is 60.7 Å². The molecule has 1 unspecified atom stereocenters. The van der Waals surface area contributed by atoms with E-state index in [-0.39, 0.29) is 11.8 Å². The molecule has 1 amide bonds. The largest absolute Gasteiger partial charge is 0.372 e. The highest BCUT2D eigenvalue weighted by atomic mass is 16.2. The first kappa shape index (κ1) is 18.3. The molecule has 3 aromatic rings. The molecule has 0 bridgehead atoms. The Morgan fingerprint density at radius 1 is 0.857 bits per heavy atom. The molecule has 0 fully saturated rings. The Hall–Kier alpha value is -3.07. The standard InChI is InChI=1S/C25H26N2O/c1-3-27(4-2)21-13-10-18(11-14-21)16-23-22-15-12-20(17-24(22)26-25(23)28)19-8-6-5-7-9-19/h5-15,17,23H,3-4,16H2,1-2H3,(H,26,28). The lowest BCUT2D eigenvalue weighted by molar-refractivity contribution is -0.117. The van der Waals surface area contributed by atoms with E-state index in [1.165, 1.54) is 11.3 Å². The van der Waals surface area contributed by atoms with Gasteiger partial charge >= 0.3 is 0 Å². The maximum absolute atomic E-state index is 12.6. The summed E-state index contributed by atoms with van der Waals surface area (Å²) in [4.78, 5) is 15.0. The molecule has 0 aliphatic carbocycles. The van der Waals surface area contributed by atoms with Crippen LogP contribution in [0.4, 0.5) is 11.4 Å². The molecule has 1 aliphatic heterocycles. The lowest BCUT2D eigenvalue weighted by Gasteiger charge is -2.21. The van der Waals surface area contributed by atoms with Crippen molar-refractivity contribution in [2.45, 2.75) is 26.2 Å². The van der Waals surface area contributed by atoms with E-state index in [2.05, 4.69) is 78.7 Å². The molecule has 1 heterocycles. The lowest BCUT2D eigenvalue weighted by Crippen LogP contribution is -2.21. The molecule has 1 atom stereocenters. The summed E-state index contributed by atoms with van der Waals surface area (Å²) < 4.78 is 0. The zero-order chi connectivity index (χ0) is 19.5. The Morgan fingerprint density at radius 2 is 1.57 bits per heavy atom. The summed E-state index contributed by atoms with van der Waals surface area (Å²) in [5.41, 5.74) is 6.75.